The number of para-hydroxylation sites is 1. The normalized spacial score (nSPS) is 10.3. The van der Waals surface area contributed by atoms with Gasteiger partial charge in [0.25, 0.3) is 0 Å². The van der Waals surface area contributed by atoms with E-state index in [1.807, 2.05) is 30.3 Å². The molecule has 5 heteroatoms. The van der Waals surface area contributed by atoms with Crippen molar-refractivity contribution in [3.8, 4) is 6.07 Å². The van der Waals surface area contributed by atoms with Crippen molar-refractivity contribution >= 4 is 16.7 Å². The smallest absolute Gasteiger partial charge is 0.215 e. The molecule has 2 aromatic heterocycles. The number of fused-ring (bicyclic) bond motifs is 1. The summed E-state index contributed by atoms with van der Waals surface area (Å²) in [6, 6.07) is 9.41. The first-order valence-corrected chi connectivity index (χ1v) is 5.62. The third-order valence-electron chi connectivity index (χ3n) is 2.83. The number of H-pyrrole nitrogens is 1. The van der Waals surface area contributed by atoms with Crippen LogP contribution in [0.15, 0.2) is 42.9 Å². The van der Waals surface area contributed by atoms with Crippen LogP contribution in [-0.2, 0) is 0 Å². The number of nitriles is 1. The van der Waals surface area contributed by atoms with Crippen LogP contribution in [0.3, 0.4) is 0 Å². The topological polar surface area (TPSA) is 82.4 Å². The van der Waals surface area contributed by atoms with Gasteiger partial charge in [0.2, 0.25) is 5.78 Å². The molecular weight excluding hydrogens is 240 g/mol. The summed E-state index contributed by atoms with van der Waals surface area (Å²) in [5.41, 5.74) is 1.86. The molecule has 0 atom stereocenters. The molecule has 0 saturated carbocycles. The van der Waals surface area contributed by atoms with Gasteiger partial charge in [0.15, 0.2) is 5.69 Å². The minimum atomic E-state index is -0.213. The Kier molecular flexibility index (Phi) is 2.54. The number of hydrogen-bond donors (Lipinski definition) is 1. The lowest BCUT2D eigenvalue weighted by Crippen LogP contribution is -2.04. The van der Waals surface area contributed by atoms with Crippen molar-refractivity contribution in [3.05, 3.63) is 59.8 Å². The largest absolute Gasteiger partial charge is 0.360 e. The predicted molar refractivity (Wildman–Crippen MR) is 68.5 cm³/mol. The number of carbonyl (C=O) groups is 1. The van der Waals surface area contributed by atoms with Gasteiger partial charge in [-0.1, -0.05) is 18.2 Å². The van der Waals surface area contributed by atoms with Gasteiger partial charge in [0.1, 0.15) is 11.8 Å². The SMILES string of the molecule is N#Cc1cnc(C(=O)c2c[nH]c3ccccc23)cn1. The van der Waals surface area contributed by atoms with Crippen molar-refractivity contribution in [1.29, 1.82) is 5.26 Å². The molecule has 1 N–H and O–H groups in total. The Labute approximate surface area is 108 Å². The van der Waals surface area contributed by atoms with Crippen LogP contribution >= 0.6 is 0 Å². The molecule has 0 aliphatic rings. The summed E-state index contributed by atoms with van der Waals surface area (Å²) >= 11 is 0. The second-order valence-corrected chi connectivity index (χ2v) is 3.98. The predicted octanol–water partition coefficient (Wildman–Crippen LogP) is 2.06. The van der Waals surface area contributed by atoms with Gasteiger partial charge in [-0.15, -0.1) is 0 Å². The molecule has 5 nitrogen and oxygen atoms in total. The fraction of sp³-hybridized carbons (Fsp3) is 0. The monoisotopic (exact) mass is 248 g/mol. The van der Waals surface area contributed by atoms with Gasteiger partial charge in [-0.3, -0.25) is 4.79 Å². The van der Waals surface area contributed by atoms with Crippen LogP contribution in [0.4, 0.5) is 0 Å². The number of rotatable bonds is 2. The molecule has 0 spiro atoms. The first kappa shape index (κ1) is 11.1. The second kappa shape index (κ2) is 4.35. The van der Waals surface area contributed by atoms with Gasteiger partial charge in [-0.25, -0.2) is 9.97 Å². The number of hydrogen-bond acceptors (Lipinski definition) is 4. The highest BCUT2D eigenvalue weighted by molar-refractivity contribution is 6.15. The second-order valence-electron chi connectivity index (χ2n) is 3.98. The number of benzene rings is 1. The highest BCUT2D eigenvalue weighted by atomic mass is 16.1. The van der Waals surface area contributed by atoms with Crippen LogP contribution in [0.1, 0.15) is 21.7 Å². The lowest BCUT2D eigenvalue weighted by atomic mass is 10.1. The highest BCUT2D eigenvalue weighted by Crippen LogP contribution is 2.19. The summed E-state index contributed by atoms with van der Waals surface area (Å²) < 4.78 is 0. The first-order valence-electron chi connectivity index (χ1n) is 5.62. The van der Waals surface area contributed by atoms with Gasteiger partial charge >= 0.3 is 0 Å². The lowest BCUT2D eigenvalue weighted by molar-refractivity contribution is 0.103. The van der Waals surface area contributed by atoms with Crippen molar-refractivity contribution in [1.82, 2.24) is 15.0 Å². The minimum Gasteiger partial charge on any atom is -0.360 e. The average Bonchev–Trinajstić information content (AvgIpc) is 2.90. The van der Waals surface area contributed by atoms with Gasteiger partial charge < -0.3 is 4.98 Å². The number of ketones is 1. The van der Waals surface area contributed by atoms with E-state index in [-0.39, 0.29) is 17.2 Å². The summed E-state index contributed by atoms with van der Waals surface area (Å²) in [5.74, 6) is -0.213. The number of carbonyl (C=O) groups excluding carboxylic acids is 1. The molecule has 1 aromatic carbocycles. The van der Waals surface area contributed by atoms with Crippen LogP contribution in [0.5, 0.6) is 0 Å². The zero-order valence-electron chi connectivity index (χ0n) is 9.79. The molecular formula is C14H8N4O. The highest BCUT2D eigenvalue weighted by Gasteiger charge is 2.15. The molecule has 0 bridgehead atoms. The molecule has 0 fully saturated rings. The molecule has 90 valence electrons. The molecule has 3 aromatic rings. The van der Waals surface area contributed by atoms with Gasteiger partial charge in [-0.05, 0) is 6.07 Å². The van der Waals surface area contributed by atoms with Crippen LogP contribution in [0.25, 0.3) is 10.9 Å². The lowest BCUT2D eigenvalue weighted by Gasteiger charge is -1.98. The standard InChI is InChI=1S/C14H8N4O/c15-5-9-6-17-13(8-16-9)14(19)11-7-18-12-4-2-1-3-10(11)12/h1-4,6-8,18H. The van der Waals surface area contributed by atoms with Crippen LogP contribution in [0, 0.1) is 11.3 Å². The summed E-state index contributed by atoms with van der Waals surface area (Å²) in [6.45, 7) is 0. The maximum Gasteiger partial charge on any atom is 0.215 e. The van der Waals surface area contributed by atoms with Crippen molar-refractivity contribution in [3.63, 3.8) is 0 Å². The molecule has 0 unspecified atom stereocenters. The van der Waals surface area contributed by atoms with Crippen molar-refractivity contribution < 1.29 is 4.79 Å². The van der Waals surface area contributed by atoms with Crippen LogP contribution < -0.4 is 0 Å². The van der Waals surface area contributed by atoms with Gasteiger partial charge in [0, 0.05) is 22.7 Å². The molecule has 0 aliphatic carbocycles. The van der Waals surface area contributed by atoms with Crippen molar-refractivity contribution in [2.75, 3.05) is 0 Å². The Morgan fingerprint density at radius 1 is 1.21 bits per heavy atom. The van der Waals surface area contributed by atoms with Crippen LogP contribution in [-0.4, -0.2) is 20.7 Å². The minimum absolute atomic E-state index is 0.190. The maximum absolute atomic E-state index is 12.3. The molecule has 2 heterocycles. The van der Waals surface area contributed by atoms with E-state index in [9.17, 15) is 4.79 Å². The van der Waals surface area contributed by atoms with E-state index < -0.39 is 0 Å². The van der Waals surface area contributed by atoms with E-state index in [1.54, 1.807) is 6.20 Å². The first-order chi connectivity index (χ1) is 9.29. The Hall–Kier alpha value is -3.00. The van der Waals surface area contributed by atoms with E-state index >= 15 is 0 Å². The van der Waals surface area contributed by atoms with Crippen molar-refractivity contribution in [2.24, 2.45) is 0 Å². The Morgan fingerprint density at radius 2 is 2.05 bits per heavy atom. The van der Waals surface area contributed by atoms with E-state index in [4.69, 9.17) is 5.26 Å². The Morgan fingerprint density at radius 3 is 2.79 bits per heavy atom. The summed E-state index contributed by atoms with van der Waals surface area (Å²) in [4.78, 5) is 23.2. The van der Waals surface area contributed by atoms with Gasteiger partial charge in [0.05, 0.1) is 12.4 Å². The van der Waals surface area contributed by atoms with E-state index in [0.717, 1.165) is 10.9 Å². The number of nitrogens with one attached hydrogen (secondary N) is 1. The zero-order valence-corrected chi connectivity index (χ0v) is 9.79. The number of nitrogens with zero attached hydrogens (tertiary/aromatic N) is 3. The number of aromatic amines is 1. The number of aromatic nitrogens is 3. The third kappa shape index (κ3) is 1.85. The zero-order chi connectivity index (χ0) is 13.2. The maximum atomic E-state index is 12.3. The Balaban J connectivity index is 2.06. The summed E-state index contributed by atoms with van der Waals surface area (Å²) in [6.07, 6.45) is 4.28. The van der Waals surface area contributed by atoms with Crippen molar-refractivity contribution in [2.45, 2.75) is 0 Å². The third-order valence-corrected chi connectivity index (χ3v) is 2.83. The fourth-order valence-corrected chi connectivity index (χ4v) is 1.90. The fourth-order valence-electron chi connectivity index (χ4n) is 1.90. The summed E-state index contributed by atoms with van der Waals surface area (Å²) in [7, 11) is 0. The summed E-state index contributed by atoms with van der Waals surface area (Å²) in [5, 5.41) is 9.50. The molecule has 3 rings (SSSR count). The molecule has 0 aliphatic heterocycles. The molecule has 0 saturated heterocycles. The van der Waals surface area contributed by atoms with E-state index in [0.29, 0.717) is 5.56 Å². The van der Waals surface area contributed by atoms with Gasteiger partial charge in [-0.2, -0.15) is 5.26 Å². The molecule has 19 heavy (non-hydrogen) atoms. The molecule has 0 amide bonds. The Bertz CT molecular complexity index is 796. The van der Waals surface area contributed by atoms with E-state index in [1.165, 1.54) is 12.4 Å². The van der Waals surface area contributed by atoms with Crippen LogP contribution in [0.2, 0.25) is 0 Å². The quantitative estimate of drug-likeness (QED) is 0.703. The average molecular weight is 248 g/mol. The molecule has 0 radical (unpaired) electrons. The van der Waals surface area contributed by atoms with E-state index in [2.05, 4.69) is 15.0 Å².